The van der Waals surface area contributed by atoms with Crippen LogP contribution in [-0.2, 0) is 11.8 Å². The normalized spacial score (nSPS) is 13.3. The second kappa shape index (κ2) is 4.22. The van der Waals surface area contributed by atoms with Crippen molar-refractivity contribution in [3.63, 3.8) is 0 Å². The van der Waals surface area contributed by atoms with Gasteiger partial charge in [0.15, 0.2) is 0 Å². The van der Waals surface area contributed by atoms with Crippen molar-refractivity contribution in [3.8, 4) is 11.1 Å². The minimum atomic E-state index is 0.185. The van der Waals surface area contributed by atoms with Gasteiger partial charge in [0.05, 0.1) is 0 Å². The van der Waals surface area contributed by atoms with Crippen molar-refractivity contribution in [2.75, 3.05) is 0 Å². The van der Waals surface area contributed by atoms with Crippen LogP contribution in [0.4, 0.5) is 0 Å². The van der Waals surface area contributed by atoms with Gasteiger partial charge in [-0.2, -0.15) is 0 Å². The molecule has 0 bridgehead atoms. The van der Waals surface area contributed by atoms with E-state index in [0.29, 0.717) is 0 Å². The van der Waals surface area contributed by atoms with Crippen LogP contribution in [0.25, 0.3) is 11.1 Å². The smallest absolute Gasteiger partial charge is 0.00106 e. The second-order valence-electron chi connectivity index (χ2n) is 7.19. The van der Waals surface area contributed by atoms with Crippen LogP contribution in [0.3, 0.4) is 0 Å². The van der Waals surface area contributed by atoms with Crippen LogP contribution in [0.2, 0.25) is 0 Å². The van der Waals surface area contributed by atoms with E-state index in [2.05, 4.69) is 65.8 Å². The van der Waals surface area contributed by atoms with Gasteiger partial charge in [-0.15, -0.1) is 0 Å². The van der Waals surface area contributed by atoms with E-state index in [0.717, 1.165) is 6.42 Å². The summed E-state index contributed by atoms with van der Waals surface area (Å²) in [4.78, 5) is 0. The maximum absolute atomic E-state index is 2.34. The Kier molecular flexibility index (Phi) is 2.83. The molecule has 104 valence electrons. The van der Waals surface area contributed by atoms with E-state index in [1.54, 1.807) is 11.1 Å². The molecule has 1 aliphatic rings. The van der Waals surface area contributed by atoms with Gasteiger partial charge in [-0.1, -0.05) is 45.0 Å². The topological polar surface area (TPSA) is 0 Å². The molecule has 0 heteroatoms. The van der Waals surface area contributed by atoms with Gasteiger partial charge in [0.2, 0.25) is 0 Å². The Morgan fingerprint density at radius 1 is 0.850 bits per heavy atom. The molecule has 0 heterocycles. The van der Waals surface area contributed by atoms with Crippen LogP contribution >= 0.6 is 0 Å². The number of benzene rings is 2. The van der Waals surface area contributed by atoms with E-state index in [4.69, 9.17) is 0 Å². The summed E-state index contributed by atoms with van der Waals surface area (Å²) in [5.41, 5.74) is 12.2. The maximum Gasteiger partial charge on any atom is -0.00106 e. The lowest BCUT2D eigenvalue weighted by Crippen LogP contribution is -2.17. The van der Waals surface area contributed by atoms with E-state index in [9.17, 15) is 0 Å². The van der Waals surface area contributed by atoms with Gasteiger partial charge >= 0.3 is 0 Å². The number of fused-ring (bicyclic) bond motifs is 3. The Labute approximate surface area is 122 Å². The maximum atomic E-state index is 2.34. The van der Waals surface area contributed by atoms with Crippen molar-refractivity contribution in [1.29, 1.82) is 0 Å². The molecule has 0 atom stereocenters. The highest BCUT2D eigenvalue weighted by atomic mass is 14.3. The summed E-state index contributed by atoms with van der Waals surface area (Å²) >= 11 is 0. The van der Waals surface area contributed by atoms with E-state index < -0.39 is 0 Å². The quantitative estimate of drug-likeness (QED) is 0.504. The minimum absolute atomic E-state index is 0.185. The van der Waals surface area contributed by atoms with Gasteiger partial charge in [0.1, 0.15) is 0 Å². The first-order valence-corrected chi connectivity index (χ1v) is 7.53. The Hall–Kier alpha value is -1.56. The number of rotatable bonds is 0. The lowest BCUT2D eigenvalue weighted by Gasteiger charge is -2.28. The molecule has 0 radical (unpaired) electrons. The fourth-order valence-electron chi connectivity index (χ4n) is 3.79. The van der Waals surface area contributed by atoms with Crippen LogP contribution in [-0.4, -0.2) is 0 Å². The third-order valence-corrected chi connectivity index (χ3v) is 4.91. The zero-order valence-electron chi connectivity index (χ0n) is 13.5. The third kappa shape index (κ3) is 1.74. The van der Waals surface area contributed by atoms with Gasteiger partial charge in [0.25, 0.3) is 0 Å². The fourth-order valence-corrected chi connectivity index (χ4v) is 3.79. The van der Waals surface area contributed by atoms with Crippen molar-refractivity contribution in [2.45, 2.75) is 53.4 Å². The summed E-state index contributed by atoms with van der Waals surface area (Å²) in [6.07, 6.45) is 1.10. The molecule has 0 nitrogen and oxygen atoms in total. The lowest BCUT2D eigenvalue weighted by molar-refractivity contribution is 0.586. The van der Waals surface area contributed by atoms with Crippen LogP contribution in [0.5, 0.6) is 0 Å². The molecule has 0 saturated carbocycles. The van der Waals surface area contributed by atoms with Crippen molar-refractivity contribution < 1.29 is 0 Å². The summed E-state index contributed by atoms with van der Waals surface area (Å²) in [6, 6.07) is 8.91. The number of hydrogen-bond donors (Lipinski definition) is 0. The van der Waals surface area contributed by atoms with E-state index in [1.165, 1.54) is 33.4 Å². The van der Waals surface area contributed by atoms with E-state index >= 15 is 0 Å². The molecule has 0 N–H and O–H groups in total. The molecule has 0 amide bonds. The highest BCUT2D eigenvalue weighted by molar-refractivity contribution is 5.83. The van der Waals surface area contributed by atoms with Gasteiger partial charge in [-0.3, -0.25) is 0 Å². The summed E-state index contributed by atoms with van der Waals surface area (Å²) in [7, 11) is 0. The molecule has 1 aliphatic carbocycles. The third-order valence-electron chi connectivity index (χ3n) is 4.91. The largest absolute Gasteiger partial charge is 0.0619 e. The Balaban J connectivity index is 2.45. The summed E-state index contributed by atoms with van der Waals surface area (Å²) < 4.78 is 0. The van der Waals surface area contributed by atoms with Crippen molar-refractivity contribution in [2.24, 2.45) is 0 Å². The highest BCUT2D eigenvalue weighted by Crippen LogP contribution is 2.46. The average molecular weight is 264 g/mol. The molecule has 0 aliphatic heterocycles. The molecule has 0 fully saturated rings. The zero-order valence-corrected chi connectivity index (χ0v) is 13.5. The van der Waals surface area contributed by atoms with E-state index in [1.807, 2.05) is 0 Å². The monoisotopic (exact) mass is 264 g/mol. The Bertz CT molecular complexity index is 697. The molecular weight excluding hydrogens is 240 g/mol. The average Bonchev–Trinajstić information content (AvgIpc) is 2.74. The first-order chi connectivity index (χ1) is 9.32. The molecule has 2 aromatic rings. The van der Waals surface area contributed by atoms with Gasteiger partial charge in [0, 0.05) is 0 Å². The highest BCUT2D eigenvalue weighted by Gasteiger charge is 2.30. The minimum Gasteiger partial charge on any atom is -0.0619 e. The van der Waals surface area contributed by atoms with Gasteiger partial charge in [-0.25, -0.2) is 0 Å². The number of hydrogen-bond acceptors (Lipinski definition) is 0. The summed E-state index contributed by atoms with van der Waals surface area (Å²) in [5.74, 6) is 0. The Morgan fingerprint density at radius 3 is 2.15 bits per heavy atom. The predicted molar refractivity (Wildman–Crippen MR) is 87.6 cm³/mol. The fraction of sp³-hybridized carbons (Fsp3) is 0.400. The lowest BCUT2D eigenvalue weighted by atomic mass is 9.76. The predicted octanol–water partition coefficient (Wildman–Crippen LogP) is 5.48. The molecule has 3 rings (SSSR count). The van der Waals surface area contributed by atoms with E-state index in [-0.39, 0.29) is 5.41 Å². The molecule has 0 saturated heterocycles. The van der Waals surface area contributed by atoms with Crippen molar-refractivity contribution >= 4 is 0 Å². The summed E-state index contributed by atoms with van der Waals surface area (Å²) in [5, 5.41) is 0. The van der Waals surface area contributed by atoms with Gasteiger partial charge < -0.3 is 0 Å². The first-order valence-electron chi connectivity index (χ1n) is 7.53. The molecule has 20 heavy (non-hydrogen) atoms. The molecular formula is C20H24. The van der Waals surface area contributed by atoms with Crippen LogP contribution < -0.4 is 0 Å². The van der Waals surface area contributed by atoms with Crippen molar-refractivity contribution in [1.82, 2.24) is 0 Å². The molecule has 0 aromatic heterocycles. The molecule has 0 spiro atoms. The van der Waals surface area contributed by atoms with Crippen LogP contribution in [0.15, 0.2) is 24.3 Å². The van der Waals surface area contributed by atoms with Crippen LogP contribution in [0.1, 0.15) is 54.2 Å². The van der Waals surface area contributed by atoms with Crippen LogP contribution in [0, 0.1) is 20.8 Å². The van der Waals surface area contributed by atoms with Gasteiger partial charge in [-0.05, 0) is 77.1 Å². The first kappa shape index (κ1) is 13.4. The zero-order chi connectivity index (χ0) is 14.7. The SMILES string of the molecule is Cc1c(C)c2c(c(C(C)(C)C)c1C)-c1ccccc1C2. The standard InChI is InChI=1S/C20H24/c1-12-13(2)17-11-15-9-7-8-10-16(15)18(17)19(14(12)3)20(4,5)6/h7-10H,11H2,1-6H3. The summed E-state index contributed by atoms with van der Waals surface area (Å²) in [6.45, 7) is 13.9. The molecule has 0 unspecified atom stereocenters. The Morgan fingerprint density at radius 2 is 1.50 bits per heavy atom. The second-order valence-corrected chi connectivity index (χ2v) is 7.19. The molecule has 2 aromatic carbocycles. The van der Waals surface area contributed by atoms with Crippen molar-refractivity contribution in [3.05, 3.63) is 57.6 Å².